The maximum Gasteiger partial charge on any atom is 0.0333 e. The summed E-state index contributed by atoms with van der Waals surface area (Å²) in [6.07, 6.45) is 3.99. The van der Waals surface area contributed by atoms with Gasteiger partial charge in [0.25, 0.3) is 0 Å². The van der Waals surface area contributed by atoms with E-state index in [0.29, 0.717) is 5.54 Å². The van der Waals surface area contributed by atoms with Crippen molar-refractivity contribution in [2.45, 2.75) is 44.4 Å². The monoisotopic (exact) mass is 250 g/mol. The highest BCUT2D eigenvalue weighted by molar-refractivity contribution is 7.96. The van der Waals surface area contributed by atoms with E-state index in [1.807, 2.05) is 24.1 Å². The lowest BCUT2D eigenvalue weighted by atomic mass is 9.93. The fourth-order valence-corrected chi connectivity index (χ4v) is 3.50. The second kappa shape index (κ2) is 5.32. The fourth-order valence-electron chi connectivity index (χ4n) is 2.32. The van der Waals surface area contributed by atoms with Crippen LogP contribution in [0.5, 0.6) is 0 Å². The van der Waals surface area contributed by atoms with Crippen LogP contribution in [0.1, 0.15) is 38.7 Å². The Morgan fingerprint density at radius 2 is 2.18 bits per heavy atom. The van der Waals surface area contributed by atoms with E-state index in [1.165, 1.54) is 31.4 Å². The van der Waals surface area contributed by atoms with Gasteiger partial charge < -0.3 is 5.73 Å². The zero-order chi connectivity index (χ0) is 12.3. The summed E-state index contributed by atoms with van der Waals surface area (Å²) in [4.78, 5) is 0. The van der Waals surface area contributed by atoms with Gasteiger partial charge in [0.05, 0.1) is 0 Å². The first-order valence-electron chi connectivity index (χ1n) is 6.33. The molecule has 1 aliphatic rings. The molecule has 1 heterocycles. The van der Waals surface area contributed by atoms with Gasteiger partial charge in [-0.3, -0.25) is 0 Å². The van der Waals surface area contributed by atoms with Gasteiger partial charge in [-0.2, -0.15) is 0 Å². The SMILES string of the molecule is CC1(C)CCCCN1SCc1cccc(N)c1. The smallest absolute Gasteiger partial charge is 0.0333 e. The fraction of sp³-hybridized carbons (Fsp3) is 0.571. The first-order chi connectivity index (χ1) is 8.08. The van der Waals surface area contributed by atoms with Crippen molar-refractivity contribution >= 4 is 17.6 Å². The van der Waals surface area contributed by atoms with E-state index in [-0.39, 0.29) is 0 Å². The highest BCUT2D eigenvalue weighted by Gasteiger charge is 2.29. The molecule has 2 N–H and O–H groups in total. The third-order valence-corrected chi connectivity index (χ3v) is 4.86. The Morgan fingerprint density at radius 1 is 1.35 bits per heavy atom. The van der Waals surface area contributed by atoms with Crippen molar-refractivity contribution in [3.05, 3.63) is 29.8 Å². The lowest BCUT2D eigenvalue weighted by molar-refractivity contribution is 0.186. The van der Waals surface area contributed by atoms with E-state index < -0.39 is 0 Å². The predicted molar refractivity (Wildman–Crippen MR) is 76.8 cm³/mol. The van der Waals surface area contributed by atoms with E-state index in [2.05, 4.69) is 30.3 Å². The Kier molecular flexibility index (Phi) is 4.00. The van der Waals surface area contributed by atoms with Crippen molar-refractivity contribution < 1.29 is 0 Å². The van der Waals surface area contributed by atoms with Gasteiger partial charge >= 0.3 is 0 Å². The minimum Gasteiger partial charge on any atom is -0.399 e. The van der Waals surface area contributed by atoms with Crippen LogP contribution in [0.15, 0.2) is 24.3 Å². The molecule has 0 bridgehead atoms. The van der Waals surface area contributed by atoms with Crippen LogP contribution in [-0.4, -0.2) is 16.4 Å². The summed E-state index contributed by atoms with van der Waals surface area (Å²) in [5.74, 6) is 1.02. The molecule has 0 radical (unpaired) electrons. The molecule has 0 aliphatic carbocycles. The molecule has 17 heavy (non-hydrogen) atoms. The van der Waals surface area contributed by atoms with E-state index in [9.17, 15) is 0 Å². The number of nitrogens with two attached hydrogens (primary N) is 1. The second-order valence-corrected chi connectivity index (χ2v) is 6.38. The largest absolute Gasteiger partial charge is 0.399 e. The molecule has 94 valence electrons. The van der Waals surface area contributed by atoms with Gasteiger partial charge in [0.2, 0.25) is 0 Å². The Labute approximate surface area is 109 Å². The zero-order valence-electron chi connectivity index (χ0n) is 10.8. The highest BCUT2D eigenvalue weighted by atomic mass is 32.2. The van der Waals surface area contributed by atoms with Gasteiger partial charge in [-0.25, -0.2) is 4.31 Å². The molecule has 1 fully saturated rings. The van der Waals surface area contributed by atoms with Crippen LogP contribution >= 0.6 is 11.9 Å². The minimum atomic E-state index is 0.337. The quantitative estimate of drug-likeness (QED) is 0.655. The molecule has 2 nitrogen and oxygen atoms in total. The summed E-state index contributed by atoms with van der Waals surface area (Å²) >= 11 is 1.94. The highest BCUT2D eigenvalue weighted by Crippen LogP contribution is 2.34. The van der Waals surface area contributed by atoms with Gasteiger partial charge in [0, 0.05) is 23.5 Å². The van der Waals surface area contributed by atoms with Gasteiger partial charge in [0.15, 0.2) is 0 Å². The molecule has 1 saturated heterocycles. The summed E-state index contributed by atoms with van der Waals surface area (Å²) in [6, 6.07) is 8.20. The molecular weight excluding hydrogens is 228 g/mol. The van der Waals surface area contributed by atoms with Crippen LogP contribution in [-0.2, 0) is 5.75 Å². The molecule has 0 atom stereocenters. The number of piperidine rings is 1. The number of nitrogens with zero attached hydrogens (tertiary/aromatic N) is 1. The van der Waals surface area contributed by atoms with Crippen LogP contribution in [0.3, 0.4) is 0 Å². The summed E-state index contributed by atoms with van der Waals surface area (Å²) in [5, 5.41) is 0. The lowest BCUT2D eigenvalue weighted by Crippen LogP contribution is -2.42. The lowest BCUT2D eigenvalue weighted by Gasteiger charge is -2.41. The average Bonchev–Trinajstić information content (AvgIpc) is 2.27. The normalized spacial score (nSPS) is 20.4. The molecule has 2 rings (SSSR count). The standard InChI is InChI=1S/C14H22N2S/c1-14(2)8-3-4-9-16(14)17-11-12-6-5-7-13(15)10-12/h5-7,10H,3-4,8-9,11,15H2,1-2H3. The molecule has 0 spiro atoms. The Morgan fingerprint density at radius 3 is 2.88 bits per heavy atom. The molecule has 1 aromatic rings. The maximum atomic E-state index is 5.80. The molecule has 1 aromatic carbocycles. The van der Waals surface area contributed by atoms with Crippen molar-refractivity contribution in [2.24, 2.45) is 0 Å². The van der Waals surface area contributed by atoms with Gasteiger partial charge in [0.1, 0.15) is 0 Å². The number of benzene rings is 1. The topological polar surface area (TPSA) is 29.3 Å². The van der Waals surface area contributed by atoms with Crippen LogP contribution in [0.2, 0.25) is 0 Å². The molecule has 0 aromatic heterocycles. The van der Waals surface area contributed by atoms with E-state index in [1.54, 1.807) is 0 Å². The minimum absolute atomic E-state index is 0.337. The molecule has 1 aliphatic heterocycles. The summed E-state index contributed by atoms with van der Waals surface area (Å²) in [7, 11) is 0. The van der Waals surface area contributed by atoms with Crippen molar-refractivity contribution in [1.29, 1.82) is 0 Å². The van der Waals surface area contributed by atoms with Crippen molar-refractivity contribution in [1.82, 2.24) is 4.31 Å². The maximum absolute atomic E-state index is 5.80. The third kappa shape index (κ3) is 3.39. The Balaban J connectivity index is 1.93. The van der Waals surface area contributed by atoms with Crippen molar-refractivity contribution in [3.63, 3.8) is 0 Å². The summed E-state index contributed by atoms with van der Waals surface area (Å²) < 4.78 is 2.54. The van der Waals surface area contributed by atoms with Gasteiger partial charge in [-0.15, -0.1) is 0 Å². The van der Waals surface area contributed by atoms with Crippen molar-refractivity contribution in [3.8, 4) is 0 Å². The number of anilines is 1. The average molecular weight is 250 g/mol. The predicted octanol–water partition coefficient (Wildman–Crippen LogP) is 3.68. The molecule has 0 amide bonds. The summed E-state index contributed by atoms with van der Waals surface area (Å²) in [5.41, 5.74) is 8.31. The molecule has 0 unspecified atom stereocenters. The van der Waals surface area contributed by atoms with E-state index >= 15 is 0 Å². The van der Waals surface area contributed by atoms with E-state index in [0.717, 1.165) is 11.4 Å². The van der Waals surface area contributed by atoms with Gasteiger partial charge in [-0.1, -0.05) is 30.5 Å². The van der Waals surface area contributed by atoms with Crippen LogP contribution in [0.25, 0.3) is 0 Å². The zero-order valence-corrected chi connectivity index (χ0v) is 11.6. The first kappa shape index (κ1) is 12.8. The Bertz CT molecular complexity index is 376. The van der Waals surface area contributed by atoms with Crippen LogP contribution < -0.4 is 5.73 Å². The summed E-state index contributed by atoms with van der Waals surface area (Å²) in [6.45, 7) is 5.90. The number of nitrogen functional groups attached to an aromatic ring is 1. The molecule has 3 heteroatoms. The van der Waals surface area contributed by atoms with Gasteiger partial charge in [-0.05, 0) is 44.4 Å². The van der Waals surface area contributed by atoms with Crippen molar-refractivity contribution in [2.75, 3.05) is 12.3 Å². The van der Waals surface area contributed by atoms with E-state index in [4.69, 9.17) is 5.73 Å². The number of hydrogen-bond acceptors (Lipinski definition) is 3. The second-order valence-electron chi connectivity index (χ2n) is 5.39. The van der Waals surface area contributed by atoms with Crippen LogP contribution in [0.4, 0.5) is 5.69 Å². The third-order valence-electron chi connectivity index (χ3n) is 3.41. The molecule has 0 saturated carbocycles. The first-order valence-corrected chi connectivity index (χ1v) is 7.27. The number of hydrogen-bond donors (Lipinski definition) is 1. The van der Waals surface area contributed by atoms with Crippen LogP contribution in [0, 0.1) is 0 Å². The Hall–Kier alpha value is -0.670. The molecular formula is C14H22N2S. The number of rotatable bonds is 3.